The Morgan fingerprint density at radius 2 is 1.88 bits per heavy atom. The first-order chi connectivity index (χ1) is 23.3. The molecule has 2 aliphatic rings. The Hall–Kier alpha value is -4.87. The average Bonchev–Trinajstić information content (AvgIpc) is 3.78. The highest BCUT2D eigenvalue weighted by molar-refractivity contribution is 5.93. The van der Waals surface area contributed by atoms with Gasteiger partial charge in [0.15, 0.2) is 18.1 Å². The van der Waals surface area contributed by atoms with Crippen LogP contribution in [0.3, 0.4) is 0 Å². The number of carbonyl (C=O) groups excluding carboxylic acids is 4. The highest BCUT2D eigenvalue weighted by Crippen LogP contribution is 2.43. The van der Waals surface area contributed by atoms with Crippen LogP contribution in [0.2, 0.25) is 0 Å². The maximum Gasteiger partial charge on any atom is 0.314 e. The number of rotatable bonds is 8. The highest BCUT2D eigenvalue weighted by atomic mass is 16.5. The molecule has 3 aromatic rings. The molecule has 48 heavy (non-hydrogen) atoms. The van der Waals surface area contributed by atoms with Crippen LogP contribution in [0.4, 0.5) is 0 Å². The van der Waals surface area contributed by atoms with Gasteiger partial charge in [-0.3, -0.25) is 23.9 Å². The van der Waals surface area contributed by atoms with Gasteiger partial charge in [-0.15, -0.1) is 0 Å². The van der Waals surface area contributed by atoms with Crippen LogP contribution in [0.5, 0.6) is 11.5 Å². The molecule has 0 saturated heterocycles. The average molecular weight is 660 g/mol. The van der Waals surface area contributed by atoms with E-state index in [1.165, 1.54) is 13.3 Å². The monoisotopic (exact) mass is 659 g/mol. The van der Waals surface area contributed by atoms with Crippen LogP contribution in [0.1, 0.15) is 60.5 Å². The minimum absolute atomic E-state index is 0.120. The quantitative estimate of drug-likeness (QED) is 0.351. The molecule has 5 rings (SSSR count). The van der Waals surface area contributed by atoms with Gasteiger partial charge in [0, 0.05) is 38.8 Å². The van der Waals surface area contributed by atoms with Crippen molar-refractivity contribution in [1.82, 2.24) is 25.3 Å². The number of esters is 1. The summed E-state index contributed by atoms with van der Waals surface area (Å²) < 4.78 is 18.7. The zero-order valence-electron chi connectivity index (χ0n) is 27.7. The molecule has 256 valence electrons. The molecule has 0 radical (unpaired) electrons. The van der Waals surface area contributed by atoms with E-state index in [0.717, 1.165) is 24.0 Å². The second-order valence-electron chi connectivity index (χ2n) is 12.5. The fourth-order valence-electron chi connectivity index (χ4n) is 6.07. The summed E-state index contributed by atoms with van der Waals surface area (Å²) in [6.45, 7) is 3.08. The van der Waals surface area contributed by atoms with Crippen molar-refractivity contribution in [2.24, 2.45) is 11.3 Å². The summed E-state index contributed by atoms with van der Waals surface area (Å²) in [5.41, 5.74) is 1.29. The fourth-order valence-corrected chi connectivity index (χ4v) is 6.07. The summed E-state index contributed by atoms with van der Waals surface area (Å²) >= 11 is 0. The van der Waals surface area contributed by atoms with E-state index in [1.54, 1.807) is 34.8 Å². The van der Waals surface area contributed by atoms with E-state index in [4.69, 9.17) is 14.2 Å². The van der Waals surface area contributed by atoms with Gasteiger partial charge in [-0.05, 0) is 55.4 Å². The van der Waals surface area contributed by atoms with E-state index in [-0.39, 0.29) is 69.5 Å². The van der Waals surface area contributed by atoms with E-state index in [0.29, 0.717) is 48.8 Å². The van der Waals surface area contributed by atoms with Gasteiger partial charge in [0.05, 0.1) is 37.4 Å². The van der Waals surface area contributed by atoms with Gasteiger partial charge < -0.3 is 29.7 Å². The van der Waals surface area contributed by atoms with Crippen molar-refractivity contribution in [1.29, 1.82) is 0 Å². The minimum Gasteiger partial charge on any atom is -0.493 e. The fraction of sp³-hybridized carbons (Fsp3) is 0.472. The number of hydrogen-bond acceptors (Lipinski definition) is 8. The number of nitrogens with one attached hydrogen (secondary N) is 2. The highest BCUT2D eigenvalue weighted by Gasteiger charge is 2.45. The van der Waals surface area contributed by atoms with Crippen LogP contribution in [-0.4, -0.2) is 84.9 Å². The lowest BCUT2D eigenvalue weighted by Crippen LogP contribution is -2.46. The summed E-state index contributed by atoms with van der Waals surface area (Å²) in [5.74, 6) is 0.0113. The number of hydrogen-bond donors (Lipinski definition) is 2. The summed E-state index contributed by atoms with van der Waals surface area (Å²) in [5, 5.41) is 10.2. The molecular weight excluding hydrogens is 614 g/mol. The van der Waals surface area contributed by atoms with Crippen LogP contribution in [0.15, 0.2) is 60.9 Å². The standard InChI is InChI=1S/C36H45N5O7/c1-3-47-35(45)36(19-26-11-12-26)20-28-13-14-30(46-2)31(18-28)48-24-33(43)37-15-17-40(16-7-10-32(42)38-25-36)34(44)29-21-39-41(23-29)22-27-8-5-4-6-9-27/h4-6,8-9,13-14,18,21,23,26H,3,7,10-12,15-17,19-20,22,24-25H2,1-2H3,(H,37,43)(H,38,42). The SMILES string of the molecule is CCOC(=O)C1(CC2CC2)CNC(=O)CCCN(C(=O)c2cnn(Cc3ccccc3)c2)CCNC(=O)COc2cc(ccc2OC)C1. The molecule has 2 bridgehead atoms. The van der Waals surface area contributed by atoms with Crippen LogP contribution >= 0.6 is 0 Å². The van der Waals surface area contributed by atoms with E-state index >= 15 is 0 Å². The molecule has 1 saturated carbocycles. The first-order valence-electron chi connectivity index (χ1n) is 16.6. The van der Waals surface area contributed by atoms with Gasteiger partial charge in [-0.1, -0.05) is 49.2 Å². The summed E-state index contributed by atoms with van der Waals surface area (Å²) in [7, 11) is 1.52. The van der Waals surface area contributed by atoms with Gasteiger partial charge in [0.25, 0.3) is 11.8 Å². The zero-order valence-corrected chi connectivity index (χ0v) is 27.7. The molecule has 3 amide bonds. The Kier molecular flexibility index (Phi) is 11.7. The molecule has 12 nitrogen and oxygen atoms in total. The number of nitrogens with zero attached hydrogens (tertiary/aromatic N) is 3. The van der Waals surface area contributed by atoms with E-state index < -0.39 is 5.41 Å². The Labute approximate surface area is 281 Å². The number of carbonyl (C=O) groups is 4. The second-order valence-corrected chi connectivity index (χ2v) is 12.5. The molecule has 2 aromatic carbocycles. The third-order valence-electron chi connectivity index (χ3n) is 8.73. The predicted octanol–water partition coefficient (Wildman–Crippen LogP) is 3.38. The summed E-state index contributed by atoms with van der Waals surface area (Å²) in [4.78, 5) is 54.9. The maximum atomic E-state index is 13.6. The second kappa shape index (κ2) is 16.3. The topological polar surface area (TPSA) is 141 Å². The van der Waals surface area contributed by atoms with Gasteiger partial charge in [0.1, 0.15) is 0 Å². The number of benzene rings is 2. The summed E-state index contributed by atoms with van der Waals surface area (Å²) in [6.07, 6.45) is 6.73. The first-order valence-corrected chi connectivity index (χ1v) is 16.6. The Balaban J connectivity index is 1.35. The zero-order chi connectivity index (χ0) is 33.9. The number of ether oxygens (including phenoxy) is 3. The number of amides is 3. The Morgan fingerprint density at radius 1 is 1.06 bits per heavy atom. The van der Waals surface area contributed by atoms with Crippen molar-refractivity contribution in [3.63, 3.8) is 0 Å². The van der Waals surface area contributed by atoms with Crippen LogP contribution in [-0.2, 0) is 32.1 Å². The summed E-state index contributed by atoms with van der Waals surface area (Å²) in [6, 6.07) is 15.2. The molecule has 1 aromatic heterocycles. The minimum atomic E-state index is -0.983. The molecular formula is C36H45N5O7. The van der Waals surface area contributed by atoms with Crippen LogP contribution in [0, 0.1) is 11.3 Å². The lowest BCUT2D eigenvalue weighted by Gasteiger charge is -2.32. The predicted molar refractivity (Wildman–Crippen MR) is 178 cm³/mol. The molecule has 2 heterocycles. The Bertz CT molecular complexity index is 1570. The lowest BCUT2D eigenvalue weighted by atomic mass is 9.76. The molecule has 1 fully saturated rings. The van der Waals surface area contributed by atoms with Gasteiger partial charge in [-0.2, -0.15) is 5.10 Å². The van der Waals surface area contributed by atoms with Gasteiger partial charge >= 0.3 is 5.97 Å². The van der Waals surface area contributed by atoms with Gasteiger partial charge in [-0.25, -0.2) is 0 Å². The third-order valence-corrected chi connectivity index (χ3v) is 8.73. The first kappa shape index (κ1) is 34.5. The van der Waals surface area contributed by atoms with E-state index in [1.807, 2.05) is 36.4 Å². The van der Waals surface area contributed by atoms with Crippen molar-refractivity contribution >= 4 is 23.7 Å². The normalized spacial score (nSPS) is 19.6. The van der Waals surface area contributed by atoms with E-state index in [9.17, 15) is 19.2 Å². The van der Waals surface area contributed by atoms with Gasteiger partial charge in [0.2, 0.25) is 5.91 Å². The van der Waals surface area contributed by atoms with Crippen molar-refractivity contribution in [3.8, 4) is 11.5 Å². The maximum absolute atomic E-state index is 13.6. The van der Waals surface area contributed by atoms with Crippen LogP contribution in [0.25, 0.3) is 0 Å². The molecule has 2 N–H and O–H groups in total. The lowest BCUT2D eigenvalue weighted by molar-refractivity contribution is -0.156. The third kappa shape index (κ3) is 9.36. The smallest absolute Gasteiger partial charge is 0.314 e. The van der Waals surface area contributed by atoms with E-state index in [2.05, 4.69) is 15.7 Å². The molecule has 1 aliphatic carbocycles. The van der Waals surface area contributed by atoms with Crippen molar-refractivity contribution in [2.75, 3.05) is 46.5 Å². The van der Waals surface area contributed by atoms with Crippen LogP contribution < -0.4 is 20.1 Å². The number of fused-ring (bicyclic) bond motifs is 2. The molecule has 1 atom stereocenters. The molecule has 0 spiro atoms. The molecule has 1 aliphatic heterocycles. The van der Waals surface area contributed by atoms with Crippen molar-refractivity contribution in [3.05, 3.63) is 77.6 Å². The number of methoxy groups -OCH3 is 1. The number of aromatic nitrogens is 2. The largest absolute Gasteiger partial charge is 0.493 e. The molecule has 12 heteroatoms. The van der Waals surface area contributed by atoms with Crippen molar-refractivity contribution < 1.29 is 33.4 Å². The Morgan fingerprint density at radius 3 is 2.62 bits per heavy atom. The molecule has 1 unspecified atom stereocenters. The van der Waals surface area contributed by atoms with Crippen molar-refractivity contribution in [2.45, 2.75) is 52.0 Å².